The first-order valence-corrected chi connectivity index (χ1v) is 8.03. The van der Waals surface area contributed by atoms with E-state index in [2.05, 4.69) is 15.8 Å². The first kappa shape index (κ1) is 17.4. The Balaban J connectivity index is 1.56. The number of hydrogen-bond donors (Lipinski definition) is 2. The van der Waals surface area contributed by atoms with Gasteiger partial charge in [0.05, 0.1) is 12.5 Å². The van der Waals surface area contributed by atoms with E-state index in [1.54, 1.807) is 60.7 Å². The zero-order chi connectivity index (χ0) is 18.4. The molecule has 2 amide bonds. The van der Waals surface area contributed by atoms with Crippen molar-refractivity contribution in [3.8, 4) is 0 Å². The number of rotatable bonds is 5. The van der Waals surface area contributed by atoms with Crippen molar-refractivity contribution >= 4 is 35.3 Å². The van der Waals surface area contributed by atoms with Gasteiger partial charge in [-0.1, -0.05) is 23.7 Å². The molecule has 0 aliphatic carbocycles. The maximum atomic E-state index is 12.1. The highest BCUT2D eigenvalue weighted by atomic mass is 35.5. The van der Waals surface area contributed by atoms with Crippen LogP contribution in [0.3, 0.4) is 0 Å². The SMILES string of the molecule is O=C(N/N=C\c1ccc(Cl)cc1)c1ccc(NC(=O)c2ccco2)cc1. The summed E-state index contributed by atoms with van der Waals surface area (Å²) in [7, 11) is 0. The molecule has 0 saturated carbocycles. The smallest absolute Gasteiger partial charge is 0.291 e. The molecule has 3 aromatic rings. The molecule has 0 aliphatic heterocycles. The summed E-state index contributed by atoms with van der Waals surface area (Å²) in [5, 5.41) is 7.21. The van der Waals surface area contributed by atoms with E-state index in [9.17, 15) is 9.59 Å². The number of carbonyl (C=O) groups excluding carboxylic acids is 2. The molecule has 1 aromatic heterocycles. The third kappa shape index (κ3) is 4.58. The van der Waals surface area contributed by atoms with Crippen LogP contribution >= 0.6 is 11.6 Å². The van der Waals surface area contributed by atoms with Crippen LogP contribution in [0, 0.1) is 0 Å². The van der Waals surface area contributed by atoms with Crippen LogP contribution in [0.15, 0.2) is 76.4 Å². The number of furan rings is 1. The van der Waals surface area contributed by atoms with Gasteiger partial charge in [-0.15, -0.1) is 0 Å². The lowest BCUT2D eigenvalue weighted by Crippen LogP contribution is -2.17. The summed E-state index contributed by atoms with van der Waals surface area (Å²) in [5.41, 5.74) is 4.21. The Bertz CT molecular complexity index is 918. The van der Waals surface area contributed by atoms with E-state index >= 15 is 0 Å². The quantitative estimate of drug-likeness (QED) is 0.529. The molecule has 0 radical (unpaired) electrons. The Hall–Kier alpha value is -3.38. The maximum Gasteiger partial charge on any atom is 0.291 e. The number of hydrazone groups is 1. The van der Waals surface area contributed by atoms with Gasteiger partial charge in [-0.05, 0) is 54.1 Å². The van der Waals surface area contributed by atoms with E-state index in [-0.39, 0.29) is 17.6 Å². The lowest BCUT2D eigenvalue weighted by Gasteiger charge is -2.04. The van der Waals surface area contributed by atoms with Gasteiger partial charge in [0.1, 0.15) is 0 Å². The van der Waals surface area contributed by atoms with Crippen molar-refractivity contribution in [1.29, 1.82) is 0 Å². The molecule has 1 heterocycles. The number of benzene rings is 2. The van der Waals surface area contributed by atoms with Crippen LogP contribution in [0.25, 0.3) is 0 Å². The minimum atomic E-state index is -0.362. The summed E-state index contributed by atoms with van der Waals surface area (Å²) in [6.07, 6.45) is 2.94. The predicted molar refractivity (Wildman–Crippen MR) is 99.6 cm³/mol. The Kier molecular flexibility index (Phi) is 5.46. The average molecular weight is 368 g/mol. The van der Waals surface area contributed by atoms with Gasteiger partial charge in [-0.25, -0.2) is 5.43 Å². The largest absolute Gasteiger partial charge is 0.459 e. The molecule has 2 N–H and O–H groups in total. The molecule has 26 heavy (non-hydrogen) atoms. The topological polar surface area (TPSA) is 83.7 Å². The van der Waals surface area contributed by atoms with E-state index in [4.69, 9.17) is 16.0 Å². The van der Waals surface area contributed by atoms with Crippen molar-refractivity contribution in [2.45, 2.75) is 0 Å². The first-order chi connectivity index (χ1) is 12.6. The summed E-state index contributed by atoms with van der Waals surface area (Å²) in [4.78, 5) is 23.9. The fourth-order valence-electron chi connectivity index (χ4n) is 2.08. The minimum Gasteiger partial charge on any atom is -0.459 e. The molecule has 0 atom stereocenters. The Morgan fingerprint density at radius 1 is 0.962 bits per heavy atom. The molecule has 0 saturated heterocycles. The number of halogens is 1. The molecule has 6 nitrogen and oxygen atoms in total. The summed E-state index contributed by atoms with van der Waals surface area (Å²) >= 11 is 5.80. The standard InChI is InChI=1S/C19H14ClN3O3/c20-15-7-3-13(4-8-15)12-21-23-18(24)14-5-9-16(10-6-14)22-19(25)17-2-1-11-26-17/h1-12H,(H,22,25)(H,23,24)/b21-12-. The van der Waals surface area contributed by atoms with Gasteiger partial charge in [0.25, 0.3) is 11.8 Å². The first-order valence-electron chi connectivity index (χ1n) is 7.66. The van der Waals surface area contributed by atoms with Crippen LogP contribution in [0.4, 0.5) is 5.69 Å². The molecular formula is C19H14ClN3O3. The van der Waals surface area contributed by atoms with Crippen molar-refractivity contribution in [3.05, 3.63) is 88.8 Å². The van der Waals surface area contributed by atoms with Crippen molar-refractivity contribution < 1.29 is 14.0 Å². The fourth-order valence-corrected chi connectivity index (χ4v) is 2.21. The molecule has 0 unspecified atom stereocenters. The van der Waals surface area contributed by atoms with E-state index in [1.807, 2.05) is 0 Å². The number of nitrogens with one attached hydrogen (secondary N) is 2. The van der Waals surface area contributed by atoms with Crippen molar-refractivity contribution in [2.24, 2.45) is 5.10 Å². The fraction of sp³-hybridized carbons (Fsp3) is 0. The van der Waals surface area contributed by atoms with E-state index < -0.39 is 0 Å². The highest BCUT2D eigenvalue weighted by Crippen LogP contribution is 2.12. The predicted octanol–water partition coefficient (Wildman–Crippen LogP) is 3.95. The lowest BCUT2D eigenvalue weighted by atomic mass is 10.2. The van der Waals surface area contributed by atoms with Crippen molar-refractivity contribution in [2.75, 3.05) is 5.32 Å². The molecule has 3 rings (SSSR count). The second-order valence-corrected chi connectivity index (χ2v) is 5.70. The van der Waals surface area contributed by atoms with Crippen LogP contribution in [-0.4, -0.2) is 18.0 Å². The van der Waals surface area contributed by atoms with Crippen LogP contribution in [0.1, 0.15) is 26.5 Å². The minimum absolute atomic E-state index is 0.211. The van der Waals surface area contributed by atoms with Gasteiger partial charge in [-0.2, -0.15) is 5.10 Å². The van der Waals surface area contributed by atoms with Crippen LogP contribution < -0.4 is 10.7 Å². The van der Waals surface area contributed by atoms with Crippen LogP contribution in [0.2, 0.25) is 5.02 Å². The van der Waals surface area contributed by atoms with Gasteiger partial charge in [0.2, 0.25) is 0 Å². The zero-order valence-electron chi connectivity index (χ0n) is 13.5. The number of nitrogens with zero attached hydrogens (tertiary/aromatic N) is 1. The summed E-state index contributed by atoms with van der Waals surface area (Å²) in [6, 6.07) is 16.7. The number of hydrogen-bond acceptors (Lipinski definition) is 4. The number of anilines is 1. The second kappa shape index (κ2) is 8.13. The van der Waals surface area contributed by atoms with Crippen molar-refractivity contribution in [3.63, 3.8) is 0 Å². The molecule has 0 aliphatic rings. The Morgan fingerprint density at radius 2 is 1.69 bits per heavy atom. The van der Waals surface area contributed by atoms with Crippen molar-refractivity contribution in [1.82, 2.24) is 5.43 Å². The monoisotopic (exact) mass is 367 g/mol. The van der Waals surface area contributed by atoms with Crippen LogP contribution in [0.5, 0.6) is 0 Å². The van der Waals surface area contributed by atoms with Crippen LogP contribution in [-0.2, 0) is 0 Å². The lowest BCUT2D eigenvalue weighted by molar-refractivity contribution is 0.0954. The highest BCUT2D eigenvalue weighted by Gasteiger charge is 2.09. The van der Waals surface area contributed by atoms with E-state index in [0.717, 1.165) is 5.56 Å². The van der Waals surface area contributed by atoms with Gasteiger partial charge in [-0.3, -0.25) is 9.59 Å². The van der Waals surface area contributed by atoms with Gasteiger partial charge >= 0.3 is 0 Å². The molecule has 0 bridgehead atoms. The highest BCUT2D eigenvalue weighted by molar-refractivity contribution is 6.30. The summed E-state index contributed by atoms with van der Waals surface area (Å²) in [5.74, 6) is -0.512. The zero-order valence-corrected chi connectivity index (χ0v) is 14.2. The summed E-state index contributed by atoms with van der Waals surface area (Å²) in [6.45, 7) is 0. The third-order valence-electron chi connectivity index (χ3n) is 3.40. The third-order valence-corrected chi connectivity index (χ3v) is 3.65. The van der Waals surface area contributed by atoms with E-state index in [0.29, 0.717) is 16.3 Å². The summed E-state index contributed by atoms with van der Waals surface area (Å²) < 4.78 is 5.02. The van der Waals surface area contributed by atoms with Gasteiger partial charge in [0, 0.05) is 16.3 Å². The molecule has 7 heteroatoms. The van der Waals surface area contributed by atoms with Gasteiger partial charge < -0.3 is 9.73 Å². The molecular weight excluding hydrogens is 354 g/mol. The molecule has 2 aromatic carbocycles. The Labute approximate surface area is 154 Å². The molecule has 130 valence electrons. The molecule has 0 fully saturated rings. The van der Waals surface area contributed by atoms with Gasteiger partial charge in [0.15, 0.2) is 5.76 Å². The molecule has 0 spiro atoms. The average Bonchev–Trinajstić information content (AvgIpc) is 3.19. The maximum absolute atomic E-state index is 12.1. The number of amides is 2. The van der Waals surface area contributed by atoms with E-state index in [1.165, 1.54) is 12.5 Å². The Morgan fingerprint density at radius 3 is 2.35 bits per heavy atom. The normalized spacial score (nSPS) is 10.7. The second-order valence-electron chi connectivity index (χ2n) is 5.26. The number of carbonyl (C=O) groups is 2.